The molecule has 0 fully saturated rings. The van der Waals surface area contributed by atoms with E-state index in [2.05, 4.69) is 16.8 Å². The molecule has 1 atom stereocenters. The highest BCUT2D eigenvalue weighted by Crippen LogP contribution is 2.08. The minimum Gasteiger partial charge on any atom is -0.330 e. The Balaban J connectivity index is 2.54. The summed E-state index contributed by atoms with van der Waals surface area (Å²) >= 11 is 0. The van der Waals surface area contributed by atoms with Gasteiger partial charge < -0.3 is 5.73 Å². The fourth-order valence-electron chi connectivity index (χ4n) is 1.45. The number of aromatic nitrogens is 1. The van der Waals surface area contributed by atoms with Gasteiger partial charge >= 0.3 is 0 Å². The van der Waals surface area contributed by atoms with E-state index in [4.69, 9.17) is 5.73 Å². The van der Waals surface area contributed by atoms with Gasteiger partial charge in [-0.3, -0.25) is 9.88 Å². The van der Waals surface area contributed by atoms with Crippen molar-refractivity contribution < 1.29 is 4.39 Å². The van der Waals surface area contributed by atoms with Crippen LogP contribution in [0, 0.1) is 5.82 Å². The van der Waals surface area contributed by atoms with Crippen molar-refractivity contribution >= 4 is 0 Å². The molecule has 1 rings (SSSR count). The van der Waals surface area contributed by atoms with Crippen molar-refractivity contribution in [3.63, 3.8) is 0 Å². The van der Waals surface area contributed by atoms with E-state index in [0.29, 0.717) is 19.1 Å². The Morgan fingerprint density at radius 1 is 1.53 bits per heavy atom. The van der Waals surface area contributed by atoms with E-state index in [1.54, 1.807) is 6.20 Å². The van der Waals surface area contributed by atoms with Crippen LogP contribution in [-0.2, 0) is 6.54 Å². The molecule has 3 nitrogen and oxygen atoms in total. The summed E-state index contributed by atoms with van der Waals surface area (Å²) < 4.78 is 12.9. The molecule has 1 aromatic rings. The third-order valence-corrected chi connectivity index (χ3v) is 2.53. The number of nitrogens with two attached hydrogens (primary N) is 1. The lowest BCUT2D eigenvalue weighted by molar-refractivity contribution is 0.240. The van der Waals surface area contributed by atoms with Gasteiger partial charge in [0.05, 0.1) is 6.20 Å². The molecule has 0 radical (unpaired) electrons. The molecule has 1 aromatic heterocycles. The number of rotatable bonds is 5. The largest absolute Gasteiger partial charge is 0.330 e. The van der Waals surface area contributed by atoms with Crippen molar-refractivity contribution in [1.82, 2.24) is 9.88 Å². The molecule has 84 valence electrons. The van der Waals surface area contributed by atoms with Crippen molar-refractivity contribution in [2.75, 3.05) is 13.6 Å². The van der Waals surface area contributed by atoms with E-state index in [-0.39, 0.29) is 5.82 Å². The van der Waals surface area contributed by atoms with E-state index in [9.17, 15) is 4.39 Å². The SMILES string of the molecule is CC(CCN)N(C)Cc1cncc(F)c1. The van der Waals surface area contributed by atoms with E-state index >= 15 is 0 Å². The number of halogens is 1. The molecule has 0 spiro atoms. The second-order valence-corrected chi connectivity index (χ2v) is 3.85. The van der Waals surface area contributed by atoms with Crippen LogP contribution in [0.5, 0.6) is 0 Å². The van der Waals surface area contributed by atoms with E-state index in [0.717, 1.165) is 12.0 Å². The molecular formula is C11H18FN3. The molecule has 0 saturated heterocycles. The van der Waals surface area contributed by atoms with Crippen molar-refractivity contribution in [3.8, 4) is 0 Å². The molecule has 4 heteroatoms. The molecule has 0 bridgehead atoms. The van der Waals surface area contributed by atoms with Gasteiger partial charge in [-0.1, -0.05) is 0 Å². The molecule has 0 aliphatic rings. The van der Waals surface area contributed by atoms with Crippen LogP contribution in [0.15, 0.2) is 18.5 Å². The summed E-state index contributed by atoms with van der Waals surface area (Å²) in [5.74, 6) is -0.285. The topological polar surface area (TPSA) is 42.1 Å². The Hall–Kier alpha value is -1.00. The molecule has 0 aliphatic heterocycles. The molecule has 15 heavy (non-hydrogen) atoms. The van der Waals surface area contributed by atoms with Gasteiger partial charge in [-0.25, -0.2) is 4.39 Å². The first-order valence-corrected chi connectivity index (χ1v) is 5.13. The summed E-state index contributed by atoms with van der Waals surface area (Å²) in [6, 6.07) is 1.91. The maximum Gasteiger partial charge on any atom is 0.141 e. The van der Waals surface area contributed by atoms with Gasteiger partial charge in [-0.15, -0.1) is 0 Å². The highest BCUT2D eigenvalue weighted by molar-refractivity contribution is 5.09. The van der Waals surface area contributed by atoms with Crippen molar-refractivity contribution in [2.24, 2.45) is 5.73 Å². The molecule has 1 unspecified atom stereocenters. The van der Waals surface area contributed by atoms with E-state index < -0.39 is 0 Å². The predicted molar refractivity (Wildman–Crippen MR) is 58.8 cm³/mol. The smallest absolute Gasteiger partial charge is 0.141 e. The average Bonchev–Trinajstić information content (AvgIpc) is 2.18. The zero-order valence-corrected chi connectivity index (χ0v) is 9.28. The monoisotopic (exact) mass is 211 g/mol. The zero-order chi connectivity index (χ0) is 11.3. The Morgan fingerprint density at radius 3 is 2.87 bits per heavy atom. The first-order chi connectivity index (χ1) is 7.13. The van der Waals surface area contributed by atoms with Crippen LogP contribution in [-0.4, -0.2) is 29.5 Å². The standard InChI is InChI=1S/C11H18FN3/c1-9(3-4-13)15(2)8-10-5-11(12)7-14-6-10/h5-7,9H,3-4,8,13H2,1-2H3. The quantitative estimate of drug-likeness (QED) is 0.800. The van der Waals surface area contributed by atoms with Crippen LogP contribution in [0.3, 0.4) is 0 Å². The average molecular weight is 211 g/mol. The summed E-state index contributed by atoms with van der Waals surface area (Å²) in [5.41, 5.74) is 6.38. The summed E-state index contributed by atoms with van der Waals surface area (Å²) in [6.07, 6.45) is 3.85. The van der Waals surface area contributed by atoms with Gasteiger partial charge in [0.1, 0.15) is 5.82 Å². The van der Waals surface area contributed by atoms with Crippen molar-refractivity contribution in [2.45, 2.75) is 25.9 Å². The highest BCUT2D eigenvalue weighted by atomic mass is 19.1. The molecule has 0 aromatic carbocycles. The number of pyridine rings is 1. The van der Waals surface area contributed by atoms with Crippen LogP contribution in [0.4, 0.5) is 4.39 Å². The lowest BCUT2D eigenvalue weighted by atomic mass is 10.2. The third-order valence-electron chi connectivity index (χ3n) is 2.53. The van der Waals surface area contributed by atoms with Crippen LogP contribution < -0.4 is 5.73 Å². The first kappa shape index (κ1) is 12.1. The fourth-order valence-corrected chi connectivity index (χ4v) is 1.45. The lowest BCUT2D eigenvalue weighted by Crippen LogP contribution is -2.30. The fraction of sp³-hybridized carbons (Fsp3) is 0.545. The second-order valence-electron chi connectivity index (χ2n) is 3.85. The van der Waals surface area contributed by atoms with Crippen LogP contribution >= 0.6 is 0 Å². The van der Waals surface area contributed by atoms with Gasteiger partial charge in [0.15, 0.2) is 0 Å². The maximum atomic E-state index is 12.9. The van der Waals surface area contributed by atoms with Gasteiger partial charge in [0.25, 0.3) is 0 Å². The van der Waals surface area contributed by atoms with E-state index in [1.807, 2.05) is 7.05 Å². The summed E-state index contributed by atoms with van der Waals surface area (Å²) in [4.78, 5) is 5.96. The zero-order valence-electron chi connectivity index (χ0n) is 9.28. The number of hydrogen-bond acceptors (Lipinski definition) is 3. The molecule has 0 saturated carbocycles. The Bertz CT molecular complexity index is 304. The maximum absolute atomic E-state index is 12.9. The van der Waals surface area contributed by atoms with Crippen LogP contribution in [0.2, 0.25) is 0 Å². The normalized spacial score (nSPS) is 13.1. The van der Waals surface area contributed by atoms with Crippen molar-refractivity contribution in [3.05, 3.63) is 29.8 Å². The van der Waals surface area contributed by atoms with Crippen LogP contribution in [0.25, 0.3) is 0 Å². The lowest BCUT2D eigenvalue weighted by Gasteiger charge is -2.24. The van der Waals surface area contributed by atoms with Gasteiger partial charge in [-0.05, 0) is 38.6 Å². The van der Waals surface area contributed by atoms with Crippen LogP contribution in [0.1, 0.15) is 18.9 Å². The minimum atomic E-state index is -0.285. The van der Waals surface area contributed by atoms with Gasteiger partial charge in [0, 0.05) is 18.8 Å². The molecule has 0 amide bonds. The number of nitrogens with zero attached hydrogens (tertiary/aromatic N) is 2. The Morgan fingerprint density at radius 2 is 2.27 bits per heavy atom. The summed E-state index contributed by atoms with van der Waals surface area (Å²) in [5, 5.41) is 0. The molecule has 0 aliphatic carbocycles. The first-order valence-electron chi connectivity index (χ1n) is 5.13. The summed E-state index contributed by atoms with van der Waals surface area (Å²) in [7, 11) is 2.01. The second kappa shape index (κ2) is 5.78. The highest BCUT2D eigenvalue weighted by Gasteiger charge is 2.08. The Labute approximate surface area is 90.1 Å². The molecule has 1 heterocycles. The van der Waals surface area contributed by atoms with Gasteiger partial charge in [0.2, 0.25) is 0 Å². The third kappa shape index (κ3) is 3.93. The van der Waals surface area contributed by atoms with E-state index in [1.165, 1.54) is 12.3 Å². The molecular weight excluding hydrogens is 193 g/mol. The molecule has 2 N–H and O–H groups in total. The van der Waals surface area contributed by atoms with Crippen molar-refractivity contribution in [1.29, 1.82) is 0 Å². The van der Waals surface area contributed by atoms with Gasteiger partial charge in [-0.2, -0.15) is 0 Å². The number of hydrogen-bond donors (Lipinski definition) is 1. The minimum absolute atomic E-state index is 0.285. The Kier molecular flexibility index (Phi) is 4.65. The summed E-state index contributed by atoms with van der Waals surface area (Å²) in [6.45, 7) is 3.48. The predicted octanol–water partition coefficient (Wildman–Crippen LogP) is 1.39.